The number of anilines is 1. The molecule has 2 amide bonds. The standard InChI is InChI=1S/C30H42N4O4/c1-6-7-8-23(33-29(37)27-19(2)26-24(32-27)17-30(3,4)18-25(26)35)28(36)31-20-9-11-21(12-10-20)38-22-13-15-34(5)16-14-22/h9-12,22-23,32H,6-8,13-18H2,1-5H3,(H,31,36)(H,33,37)/t23-/m0/s1. The number of H-pyrrole nitrogens is 1. The fraction of sp³-hybridized carbons (Fsp3) is 0.567. The molecule has 3 N–H and O–H groups in total. The number of aromatic nitrogens is 1. The van der Waals surface area contributed by atoms with Gasteiger partial charge in [0.05, 0.1) is 0 Å². The molecule has 0 spiro atoms. The number of aromatic amines is 1. The number of ether oxygens (including phenoxy) is 1. The highest BCUT2D eigenvalue weighted by molar-refractivity contribution is 6.06. The Morgan fingerprint density at radius 2 is 1.84 bits per heavy atom. The third-order valence-electron chi connectivity index (χ3n) is 7.69. The number of amides is 2. The predicted molar refractivity (Wildman–Crippen MR) is 149 cm³/mol. The fourth-order valence-electron chi connectivity index (χ4n) is 5.51. The third kappa shape index (κ3) is 6.65. The number of unbranched alkanes of at least 4 members (excludes halogenated alkanes) is 1. The van der Waals surface area contributed by atoms with Crippen molar-refractivity contribution in [3.05, 3.63) is 46.8 Å². The average Bonchev–Trinajstić information content (AvgIpc) is 3.19. The second-order valence-corrected chi connectivity index (χ2v) is 11.7. The molecule has 0 unspecified atom stereocenters. The van der Waals surface area contributed by atoms with Gasteiger partial charge in [-0.1, -0.05) is 33.6 Å². The number of nitrogens with zero attached hydrogens (tertiary/aromatic N) is 1. The Morgan fingerprint density at radius 1 is 1.16 bits per heavy atom. The summed E-state index contributed by atoms with van der Waals surface area (Å²) in [5.74, 6) is 0.229. The van der Waals surface area contributed by atoms with Gasteiger partial charge in [0.1, 0.15) is 23.6 Å². The number of carbonyl (C=O) groups excluding carboxylic acids is 3. The maximum atomic E-state index is 13.3. The fourth-order valence-corrected chi connectivity index (χ4v) is 5.51. The van der Waals surface area contributed by atoms with Crippen LogP contribution in [0.4, 0.5) is 5.69 Å². The number of ketones is 1. The van der Waals surface area contributed by atoms with E-state index >= 15 is 0 Å². The zero-order chi connectivity index (χ0) is 27.4. The van der Waals surface area contributed by atoms with Crippen LogP contribution in [-0.2, 0) is 11.2 Å². The van der Waals surface area contributed by atoms with Gasteiger partial charge in [-0.15, -0.1) is 0 Å². The lowest BCUT2D eigenvalue weighted by molar-refractivity contribution is -0.118. The van der Waals surface area contributed by atoms with Crippen molar-refractivity contribution in [1.82, 2.24) is 15.2 Å². The summed E-state index contributed by atoms with van der Waals surface area (Å²) in [7, 11) is 2.12. The number of likely N-dealkylation sites (tertiary alicyclic amines) is 1. The van der Waals surface area contributed by atoms with E-state index in [4.69, 9.17) is 4.74 Å². The number of rotatable bonds is 9. The van der Waals surface area contributed by atoms with Crippen LogP contribution in [0, 0.1) is 12.3 Å². The largest absolute Gasteiger partial charge is 0.490 e. The Morgan fingerprint density at radius 3 is 2.50 bits per heavy atom. The maximum Gasteiger partial charge on any atom is 0.268 e. The number of nitrogens with one attached hydrogen (secondary N) is 3. The third-order valence-corrected chi connectivity index (χ3v) is 7.69. The first-order valence-electron chi connectivity index (χ1n) is 13.9. The zero-order valence-corrected chi connectivity index (χ0v) is 23.4. The number of hydrogen-bond donors (Lipinski definition) is 3. The van der Waals surface area contributed by atoms with Crippen molar-refractivity contribution in [1.29, 1.82) is 0 Å². The molecule has 1 atom stereocenters. The molecule has 0 radical (unpaired) electrons. The van der Waals surface area contributed by atoms with E-state index in [1.54, 1.807) is 6.92 Å². The highest BCUT2D eigenvalue weighted by atomic mass is 16.5. The van der Waals surface area contributed by atoms with Crippen LogP contribution in [0.3, 0.4) is 0 Å². The lowest BCUT2D eigenvalue weighted by atomic mass is 9.75. The Bertz CT molecular complexity index is 1160. The van der Waals surface area contributed by atoms with E-state index in [0.717, 1.165) is 50.2 Å². The Balaban J connectivity index is 1.41. The molecule has 1 saturated heterocycles. The quantitative estimate of drug-likeness (QED) is 0.436. The molecule has 1 fully saturated rings. The molecule has 1 aliphatic carbocycles. The van der Waals surface area contributed by atoms with E-state index in [1.807, 2.05) is 24.3 Å². The lowest BCUT2D eigenvalue weighted by Crippen LogP contribution is -2.44. The van der Waals surface area contributed by atoms with Crippen LogP contribution in [0.25, 0.3) is 0 Å². The van der Waals surface area contributed by atoms with Gasteiger partial charge in [0.15, 0.2) is 5.78 Å². The summed E-state index contributed by atoms with van der Waals surface area (Å²) in [6.45, 7) is 10.0. The van der Waals surface area contributed by atoms with Gasteiger partial charge in [-0.2, -0.15) is 0 Å². The van der Waals surface area contributed by atoms with Gasteiger partial charge in [-0.3, -0.25) is 14.4 Å². The van der Waals surface area contributed by atoms with Gasteiger partial charge in [0.25, 0.3) is 5.91 Å². The number of piperidine rings is 1. The minimum absolute atomic E-state index is 0.0626. The molecular weight excluding hydrogens is 480 g/mol. The number of fused-ring (bicyclic) bond motifs is 1. The molecular formula is C30H42N4O4. The van der Waals surface area contributed by atoms with E-state index < -0.39 is 6.04 Å². The average molecular weight is 523 g/mol. The molecule has 2 heterocycles. The van der Waals surface area contributed by atoms with Crippen LogP contribution >= 0.6 is 0 Å². The van der Waals surface area contributed by atoms with Crippen LogP contribution in [0.1, 0.15) is 91.4 Å². The van der Waals surface area contributed by atoms with Crippen LogP contribution in [-0.4, -0.2) is 59.8 Å². The molecule has 1 aliphatic heterocycles. The Hall–Kier alpha value is -3.13. The maximum absolute atomic E-state index is 13.3. The van der Waals surface area contributed by atoms with Crippen LogP contribution in [0.5, 0.6) is 5.75 Å². The summed E-state index contributed by atoms with van der Waals surface area (Å²) >= 11 is 0. The van der Waals surface area contributed by atoms with Crippen molar-refractivity contribution >= 4 is 23.3 Å². The van der Waals surface area contributed by atoms with E-state index in [-0.39, 0.29) is 29.1 Å². The topological polar surface area (TPSA) is 104 Å². The molecule has 2 aromatic rings. The second-order valence-electron chi connectivity index (χ2n) is 11.7. The highest BCUT2D eigenvalue weighted by Crippen LogP contribution is 2.36. The number of hydrogen-bond acceptors (Lipinski definition) is 5. The molecule has 2 aliphatic rings. The van der Waals surface area contributed by atoms with Gasteiger partial charge in [0, 0.05) is 36.5 Å². The van der Waals surface area contributed by atoms with Gasteiger partial charge >= 0.3 is 0 Å². The van der Waals surface area contributed by atoms with Crippen LogP contribution in [0.15, 0.2) is 24.3 Å². The van der Waals surface area contributed by atoms with Crippen LogP contribution < -0.4 is 15.4 Å². The molecule has 4 rings (SSSR count). The summed E-state index contributed by atoms with van der Waals surface area (Å²) in [5, 5.41) is 5.87. The molecule has 8 heteroatoms. The smallest absolute Gasteiger partial charge is 0.268 e. The predicted octanol–water partition coefficient (Wildman–Crippen LogP) is 4.88. The zero-order valence-electron chi connectivity index (χ0n) is 23.4. The van der Waals surface area contributed by atoms with Crippen molar-refractivity contribution in [2.75, 3.05) is 25.5 Å². The Kier molecular flexibility index (Phi) is 8.61. The molecule has 1 aromatic heterocycles. The number of Topliss-reactive ketones (excluding diaryl/α,β-unsaturated/α-hetero) is 1. The number of carbonyl (C=O) groups is 3. The van der Waals surface area contributed by atoms with Gasteiger partial charge in [-0.25, -0.2) is 0 Å². The summed E-state index contributed by atoms with van der Waals surface area (Å²) in [4.78, 5) is 44.7. The lowest BCUT2D eigenvalue weighted by Gasteiger charge is -2.29. The first-order chi connectivity index (χ1) is 18.1. The highest BCUT2D eigenvalue weighted by Gasteiger charge is 2.35. The molecule has 8 nitrogen and oxygen atoms in total. The monoisotopic (exact) mass is 522 g/mol. The molecule has 206 valence electrons. The molecule has 0 saturated carbocycles. The van der Waals surface area contributed by atoms with E-state index in [0.29, 0.717) is 41.8 Å². The molecule has 1 aromatic carbocycles. The van der Waals surface area contributed by atoms with Crippen molar-refractivity contribution in [3.63, 3.8) is 0 Å². The van der Waals surface area contributed by atoms with Gasteiger partial charge in [-0.05, 0) is 74.9 Å². The minimum Gasteiger partial charge on any atom is -0.490 e. The molecule has 0 bridgehead atoms. The minimum atomic E-state index is -0.690. The van der Waals surface area contributed by atoms with Crippen molar-refractivity contribution in [2.24, 2.45) is 5.41 Å². The van der Waals surface area contributed by atoms with Crippen molar-refractivity contribution in [2.45, 2.75) is 84.8 Å². The summed E-state index contributed by atoms with van der Waals surface area (Å²) in [6, 6.07) is 6.72. The summed E-state index contributed by atoms with van der Waals surface area (Å²) < 4.78 is 6.11. The normalized spacial score (nSPS) is 18.5. The van der Waals surface area contributed by atoms with Gasteiger partial charge in [0.2, 0.25) is 5.91 Å². The first kappa shape index (κ1) is 27.9. The Labute approximate surface area is 225 Å². The second kappa shape index (κ2) is 11.7. The van der Waals surface area contributed by atoms with E-state index in [1.165, 1.54) is 0 Å². The number of benzene rings is 1. The van der Waals surface area contributed by atoms with E-state index in [2.05, 4.69) is 48.3 Å². The van der Waals surface area contributed by atoms with E-state index in [9.17, 15) is 14.4 Å². The summed E-state index contributed by atoms with van der Waals surface area (Å²) in [6.07, 6.45) is 5.62. The van der Waals surface area contributed by atoms with Crippen LogP contribution in [0.2, 0.25) is 0 Å². The van der Waals surface area contributed by atoms with Crippen molar-refractivity contribution < 1.29 is 19.1 Å². The van der Waals surface area contributed by atoms with Crippen molar-refractivity contribution in [3.8, 4) is 5.75 Å². The summed E-state index contributed by atoms with van der Waals surface area (Å²) in [5.41, 5.74) is 2.98. The SMILES string of the molecule is CCCC[C@H](NC(=O)c1[nH]c2c(c1C)C(=O)CC(C)(C)C2)C(=O)Nc1ccc(OC2CCN(C)CC2)cc1. The first-order valence-corrected chi connectivity index (χ1v) is 13.9. The van der Waals surface area contributed by atoms with Gasteiger partial charge < -0.3 is 25.3 Å². The molecule has 38 heavy (non-hydrogen) atoms.